The zero-order valence-electron chi connectivity index (χ0n) is 12.8. The minimum absolute atomic E-state index is 0.360. The number of ether oxygens (including phenoxy) is 2. The molecule has 8 nitrogen and oxygen atoms in total. The van der Waals surface area contributed by atoms with Gasteiger partial charge in [-0.1, -0.05) is 12.8 Å². The maximum absolute atomic E-state index is 12.1. The average Bonchev–Trinajstić information content (AvgIpc) is 3.16. The molecule has 1 saturated carbocycles. The Morgan fingerprint density at radius 1 is 1.35 bits per heavy atom. The van der Waals surface area contributed by atoms with Gasteiger partial charge in [0.25, 0.3) is 5.56 Å². The Hall–Kier alpha value is -1.48. The smallest absolute Gasteiger partial charge is 0.330 e. The van der Waals surface area contributed by atoms with E-state index in [1.807, 2.05) is 0 Å². The van der Waals surface area contributed by atoms with Gasteiger partial charge in [0.1, 0.15) is 17.8 Å². The molecule has 3 heterocycles. The first-order valence-electron chi connectivity index (χ1n) is 7.91. The summed E-state index contributed by atoms with van der Waals surface area (Å²) in [6.07, 6.45) is 2.10. The molecule has 4 atom stereocenters. The number of hydrogen-bond donors (Lipinski definition) is 3. The van der Waals surface area contributed by atoms with E-state index in [1.54, 1.807) is 6.92 Å². The van der Waals surface area contributed by atoms with E-state index >= 15 is 0 Å². The number of fused-ring (bicyclic) bond motifs is 3. The monoisotopic (exact) mass is 324 g/mol. The Morgan fingerprint density at radius 2 is 2.04 bits per heavy atom. The first kappa shape index (κ1) is 15.1. The number of nitrogens with zero attached hydrogens (tertiary/aromatic N) is 1. The third-order valence-corrected chi connectivity index (χ3v) is 5.60. The molecule has 2 aliphatic heterocycles. The maximum atomic E-state index is 12.1. The van der Waals surface area contributed by atoms with Gasteiger partial charge in [0.15, 0.2) is 11.8 Å². The summed E-state index contributed by atoms with van der Waals surface area (Å²) in [5.74, 6) is 0. The topological polar surface area (TPSA) is 114 Å². The third kappa shape index (κ3) is 1.74. The molecular formula is C15H20N2O6. The molecular weight excluding hydrogens is 304 g/mol. The Bertz CT molecular complexity index is 749. The number of aliphatic hydroxyl groups excluding tert-OH is 2. The van der Waals surface area contributed by atoms with Crippen molar-refractivity contribution < 1.29 is 19.7 Å². The second-order valence-electron chi connectivity index (χ2n) is 6.76. The predicted octanol–water partition coefficient (Wildman–Crippen LogP) is -0.823. The largest absolute Gasteiger partial charge is 0.393 e. The summed E-state index contributed by atoms with van der Waals surface area (Å²) < 4.78 is 13.4. The van der Waals surface area contributed by atoms with Crippen LogP contribution in [0, 0.1) is 6.92 Å². The molecule has 2 saturated heterocycles. The highest BCUT2D eigenvalue weighted by Gasteiger charge is 2.74. The summed E-state index contributed by atoms with van der Waals surface area (Å²) in [6, 6.07) is 0. The number of aromatic nitrogens is 2. The van der Waals surface area contributed by atoms with Crippen LogP contribution in [0.3, 0.4) is 0 Å². The highest BCUT2D eigenvalue weighted by Crippen LogP contribution is 2.59. The number of aromatic amines is 1. The van der Waals surface area contributed by atoms with Crippen LogP contribution >= 0.6 is 0 Å². The number of nitrogens with one attached hydrogen (secondary N) is 1. The van der Waals surface area contributed by atoms with E-state index in [0.29, 0.717) is 18.4 Å². The van der Waals surface area contributed by atoms with Crippen LogP contribution in [0.5, 0.6) is 0 Å². The van der Waals surface area contributed by atoms with Gasteiger partial charge >= 0.3 is 5.69 Å². The van der Waals surface area contributed by atoms with Crippen LogP contribution in [0.25, 0.3) is 0 Å². The fraction of sp³-hybridized carbons (Fsp3) is 0.733. The molecule has 4 rings (SSSR count). The lowest BCUT2D eigenvalue weighted by Gasteiger charge is -2.44. The SMILES string of the molecule is Cc1cn([C@@H]2O[C@@]3(CO)C(O)[C@@H]2OC32CCCC2)c(=O)[nH]c1=O. The van der Waals surface area contributed by atoms with E-state index in [1.165, 1.54) is 10.8 Å². The van der Waals surface area contributed by atoms with Gasteiger partial charge in [0, 0.05) is 11.8 Å². The highest BCUT2D eigenvalue weighted by molar-refractivity contribution is 5.21. The Kier molecular flexibility index (Phi) is 3.12. The quantitative estimate of drug-likeness (QED) is 0.655. The van der Waals surface area contributed by atoms with E-state index in [2.05, 4.69) is 4.98 Å². The fourth-order valence-corrected chi connectivity index (χ4v) is 4.39. The van der Waals surface area contributed by atoms with Crippen LogP contribution in [-0.2, 0) is 9.47 Å². The molecule has 0 radical (unpaired) electrons. The molecule has 3 fully saturated rings. The zero-order chi connectivity index (χ0) is 16.4. The van der Waals surface area contributed by atoms with Crippen LogP contribution < -0.4 is 11.2 Å². The third-order valence-electron chi connectivity index (χ3n) is 5.60. The van der Waals surface area contributed by atoms with Gasteiger partial charge < -0.3 is 19.7 Å². The molecule has 1 aromatic heterocycles. The van der Waals surface area contributed by atoms with Crippen molar-refractivity contribution in [3.8, 4) is 0 Å². The number of H-pyrrole nitrogens is 1. The van der Waals surface area contributed by atoms with Gasteiger partial charge in [0.2, 0.25) is 0 Å². The molecule has 1 unspecified atom stereocenters. The van der Waals surface area contributed by atoms with E-state index < -0.39 is 40.9 Å². The van der Waals surface area contributed by atoms with Gasteiger partial charge in [-0.3, -0.25) is 14.3 Å². The average molecular weight is 324 g/mol. The van der Waals surface area contributed by atoms with E-state index in [0.717, 1.165) is 12.8 Å². The van der Waals surface area contributed by atoms with E-state index in [4.69, 9.17) is 9.47 Å². The van der Waals surface area contributed by atoms with Crippen molar-refractivity contribution in [3.63, 3.8) is 0 Å². The molecule has 3 N–H and O–H groups in total. The van der Waals surface area contributed by atoms with Crippen molar-refractivity contribution in [3.05, 3.63) is 32.6 Å². The van der Waals surface area contributed by atoms with Crippen molar-refractivity contribution in [2.75, 3.05) is 6.61 Å². The Balaban J connectivity index is 1.78. The lowest BCUT2D eigenvalue weighted by molar-refractivity contribution is -0.268. The van der Waals surface area contributed by atoms with Crippen molar-refractivity contribution in [2.45, 2.75) is 62.2 Å². The van der Waals surface area contributed by atoms with Crippen molar-refractivity contribution in [1.82, 2.24) is 9.55 Å². The van der Waals surface area contributed by atoms with Gasteiger partial charge in [-0.25, -0.2) is 4.79 Å². The van der Waals surface area contributed by atoms with Crippen molar-refractivity contribution in [2.24, 2.45) is 0 Å². The molecule has 23 heavy (non-hydrogen) atoms. The lowest BCUT2D eigenvalue weighted by Crippen LogP contribution is -2.59. The molecule has 3 aliphatic rings. The molecule has 1 aromatic rings. The number of aliphatic hydroxyl groups is 2. The fourth-order valence-electron chi connectivity index (χ4n) is 4.39. The zero-order valence-corrected chi connectivity index (χ0v) is 12.8. The Labute approximate surface area is 131 Å². The highest BCUT2D eigenvalue weighted by atomic mass is 16.7. The molecule has 0 aromatic carbocycles. The summed E-state index contributed by atoms with van der Waals surface area (Å²) in [6.45, 7) is 1.21. The summed E-state index contributed by atoms with van der Waals surface area (Å²) in [4.78, 5) is 25.8. The predicted molar refractivity (Wildman–Crippen MR) is 78.1 cm³/mol. The molecule has 1 aliphatic carbocycles. The van der Waals surface area contributed by atoms with E-state index in [9.17, 15) is 19.8 Å². The number of aryl methyl sites for hydroxylation is 1. The van der Waals surface area contributed by atoms with Gasteiger partial charge in [-0.05, 0) is 19.8 Å². The minimum Gasteiger partial charge on any atom is -0.393 e. The summed E-state index contributed by atoms with van der Waals surface area (Å²) >= 11 is 0. The number of rotatable bonds is 2. The van der Waals surface area contributed by atoms with Crippen LogP contribution in [0.2, 0.25) is 0 Å². The Morgan fingerprint density at radius 3 is 2.70 bits per heavy atom. The molecule has 2 bridgehead atoms. The summed E-state index contributed by atoms with van der Waals surface area (Å²) in [5, 5.41) is 20.6. The molecule has 0 amide bonds. The van der Waals surface area contributed by atoms with Crippen molar-refractivity contribution in [1.29, 1.82) is 0 Å². The summed E-state index contributed by atoms with van der Waals surface area (Å²) in [5.41, 5.74) is -2.63. The van der Waals surface area contributed by atoms with Gasteiger partial charge in [-0.2, -0.15) is 0 Å². The van der Waals surface area contributed by atoms with Crippen LogP contribution in [-0.4, -0.2) is 49.8 Å². The standard InChI is InChI=1S/C15H20N2O6/c1-8-6-17(13(21)16-11(8)20)12-9-10(19)15(7-18,23-12)14(22-9)4-2-3-5-14/h6,9-10,12,18-19H,2-5,7H2,1H3,(H,16,20,21)/t9-,10?,12+,15-/m0/s1. The first-order chi connectivity index (χ1) is 10.9. The van der Waals surface area contributed by atoms with E-state index in [-0.39, 0.29) is 6.61 Å². The molecule has 8 heteroatoms. The lowest BCUT2D eigenvalue weighted by atomic mass is 9.80. The second kappa shape index (κ2) is 4.76. The molecule has 126 valence electrons. The van der Waals surface area contributed by atoms with Crippen LogP contribution in [0.4, 0.5) is 0 Å². The summed E-state index contributed by atoms with van der Waals surface area (Å²) in [7, 11) is 0. The van der Waals surface area contributed by atoms with Crippen LogP contribution in [0.1, 0.15) is 37.5 Å². The van der Waals surface area contributed by atoms with Gasteiger partial charge in [0.05, 0.1) is 6.61 Å². The molecule has 1 spiro atoms. The first-order valence-corrected chi connectivity index (χ1v) is 7.91. The normalized spacial score (nSPS) is 37.8. The van der Waals surface area contributed by atoms with Gasteiger partial charge in [-0.15, -0.1) is 0 Å². The second-order valence-corrected chi connectivity index (χ2v) is 6.76. The number of hydrogen-bond acceptors (Lipinski definition) is 6. The minimum atomic E-state index is -1.22. The maximum Gasteiger partial charge on any atom is 0.330 e. The van der Waals surface area contributed by atoms with Crippen molar-refractivity contribution >= 4 is 0 Å². The van der Waals surface area contributed by atoms with Crippen LogP contribution in [0.15, 0.2) is 15.8 Å².